The normalized spacial score (nSPS) is 22.4. The monoisotopic (exact) mass is 518 g/mol. The van der Waals surface area contributed by atoms with Crippen molar-refractivity contribution in [2.24, 2.45) is 5.41 Å². The number of fused-ring (bicyclic) bond motifs is 1. The third kappa shape index (κ3) is 5.91. The number of hydrogen-bond donors (Lipinski definition) is 5. The van der Waals surface area contributed by atoms with Crippen LogP contribution in [0.25, 0.3) is 0 Å². The second-order valence-corrected chi connectivity index (χ2v) is 11.8. The van der Waals surface area contributed by atoms with E-state index in [1.54, 1.807) is 4.90 Å². The molecular formula is C18H23AsN2O9S. The fourth-order valence-corrected chi connectivity index (χ4v) is 6.12. The molecule has 0 radical (unpaired) electrons. The minimum atomic E-state index is -5.15. The molecule has 2 aliphatic heterocycles. The second-order valence-electron chi connectivity index (χ2n) is 7.35. The number of β-lactam (4-membered cyclic amide) rings is 1. The average molecular weight is 518 g/mol. The number of Topliss-reactive ketones (excluding diaryl/α,β-unsaturated/α-hetero) is 1. The van der Waals surface area contributed by atoms with Crippen LogP contribution in [0, 0.1) is 5.41 Å². The van der Waals surface area contributed by atoms with Gasteiger partial charge in [-0.25, -0.2) is 0 Å². The van der Waals surface area contributed by atoms with Crippen molar-refractivity contribution in [3.8, 4) is 5.75 Å². The van der Waals surface area contributed by atoms with Crippen molar-refractivity contribution >= 4 is 59.5 Å². The Morgan fingerprint density at radius 1 is 1.29 bits per heavy atom. The standard InChI is InChI=1S/C10H13NO4S.C8H10AsNO5/c1-6(12)3-10(9(14)15)4-11-7(13)2-8(11)16-5-10;1-5(11)10-7-4-2-3-6(8(7)12)9(13,14)15/h8H,2-5H2,1H3,(H,14,15);2-4,12H,1H3,(H,10,11)(H2,13,14,15)/t8-,10?;/m1./s1. The van der Waals surface area contributed by atoms with Crippen LogP contribution in [-0.4, -0.2) is 78.7 Å². The van der Waals surface area contributed by atoms with Crippen LogP contribution >= 0.6 is 11.8 Å². The Hall–Kier alpha value is -2.27. The van der Waals surface area contributed by atoms with E-state index >= 15 is 0 Å². The SMILES string of the molecule is CC(=O)CC1(C(=O)O)CS[C@@H]2CC(=O)N2C1.CC(=O)Nc1cccc([As](=O)(O)O)c1O. The van der Waals surface area contributed by atoms with Crippen LogP contribution in [0.1, 0.15) is 26.7 Å². The Labute approximate surface area is 184 Å². The van der Waals surface area contributed by atoms with Gasteiger partial charge in [-0.15, -0.1) is 11.8 Å². The van der Waals surface area contributed by atoms with Gasteiger partial charge in [0.05, 0.1) is 11.8 Å². The van der Waals surface area contributed by atoms with Crippen molar-refractivity contribution in [1.29, 1.82) is 0 Å². The molecule has 2 aliphatic rings. The van der Waals surface area contributed by atoms with E-state index in [0.29, 0.717) is 12.2 Å². The Bertz CT molecular complexity index is 963. The molecule has 2 atom stereocenters. The van der Waals surface area contributed by atoms with Gasteiger partial charge in [-0.2, -0.15) is 0 Å². The van der Waals surface area contributed by atoms with E-state index in [2.05, 4.69) is 5.32 Å². The van der Waals surface area contributed by atoms with Crippen molar-refractivity contribution in [2.45, 2.75) is 32.1 Å². The quantitative estimate of drug-likeness (QED) is 0.189. The zero-order valence-electron chi connectivity index (χ0n) is 16.8. The zero-order chi connectivity index (χ0) is 23.6. The summed E-state index contributed by atoms with van der Waals surface area (Å²) < 4.78 is 28.4. The maximum atomic E-state index is 11.3. The number of carboxylic acids is 1. The number of aromatic hydroxyl groups is 1. The number of carbonyl (C=O) groups excluding carboxylic acids is 3. The van der Waals surface area contributed by atoms with Crippen molar-refractivity contribution < 1.29 is 41.3 Å². The van der Waals surface area contributed by atoms with Crippen LogP contribution < -0.4 is 9.67 Å². The number of aliphatic carboxylic acids is 1. The van der Waals surface area contributed by atoms with Crippen LogP contribution in [-0.2, 0) is 22.9 Å². The third-order valence-electron chi connectivity index (χ3n) is 4.72. The first-order valence-electron chi connectivity index (χ1n) is 9.06. The van der Waals surface area contributed by atoms with Gasteiger partial charge in [0.1, 0.15) is 11.2 Å². The van der Waals surface area contributed by atoms with Crippen molar-refractivity contribution in [2.75, 3.05) is 17.6 Å². The number of carboxylic acid groups (broad SMARTS) is 1. The molecule has 170 valence electrons. The molecule has 2 heterocycles. The molecule has 0 aromatic heterocycles. The number of rotatable bonds is 5. The number of nitrogens with zero attached hydrogens (tertiary/aromatic N) is 1. The summed E-state index contributed by atoms with van der Waals surface area (Å²) in [5, 5.41) is 21.1. The predicted molar refractivity (Wildman–Crippen MR) is 111 cm³/mol. The maximum absolute atomic E-state index is 11.3. The Morgan fingerprint density at radius 3 is 2.42 bits per heavy atom. The molecule has 1 aromatic carbocycles. The molecule has 31 heavy (non-hydrogen) atoms. The van der Waals surface area contributed by atoms with E-state index in [1.807, 2.05) is 0 Å². The number of hydrogen-bond acceptors (Lipinski definition) is 7. The van der Waals surface area contributed by atoms with Crippen molar-refractivity contribution in [1.82, 2.24) is 4.90 Å². The number of benzene rings is 1. The van der Waals surface area contributed by atoms with E-state index in [0.717, 1.165) is 6.07 Å². The number of para-hydroxylation sites is 1. The molecule has 5 N–H and O–H groups in total. The molecule has 1 unspecified atom stereocenters. The molecule has 3 rings (SSSR count). The molecule has 0 saturated carbocycles. The van der Waals surface area contributed by atoms with Crippen molar-refractivity contribution in [3.63, 3.8) is 0 Å². The van der Waals surface area contributed by atoms with E-state index in [4.69, 9.17) is 8.19 Å². The fraction of sp³-hybridized carbons (Fsp3) is 0.444. The Kier molecular flexibility index (Phi) is 7.64. The molecule has 0 aliphatic carbocycles. The van der Waals surface area contributed by atoms with Gasteiger partial charge in [0.25, 0.3) is 0 Å². The van der Waals surface area contributed by atoms with Gasteiger partial charge in [0, 0.05) is 18.7 Å². The van der Waals surface area contributed by atoms with Crippen molar-refractivity contribution in [3.05, 3.63) is 18.2 Å². The molecular weight excluding hydrogens is 495 g/mol. The van der Waals surface area contributed by atoms with E-state index < -0.39 is 41.6 Å². The Morgan fingerprint density at radius 2 is 1.94 bits per heavy atom. The summed E-state index contributed by atoms with van der Waals surface area (Å²) in [6, 6.07) is 3.83. The van der Waals surface area contributed by atoms with Crippen LogP contribution in [0.5, 0.6) is 5.75 Å². The van der Waals surface area contributed by atoms with Crippen LogP contribution in [0.15, 0.2) is 18.2 Å². The number of thioether (sulfide) groups is 1. The van der Waals surface area contributed by atoms with E-state index in [9.17, 15) is 33.1 Å². The van der Waals surface area contributed by atoms with Gasteiger partial charge < -0.3 is 10.0 Å². The van der Waals surface area contributed by atoms with Gasteiger partial charge in [0.15, 0.2) is 0 Å². The molecule has 13 heteroatoms. The molecule has 1 aromatic rings. The van der Waals surface area contributed by atoms with Gasteiger partial charge in [-0.05, 0) is 6.92 Å². The molecule has 0 bridgehead atoms. The number of ketones is 1. The number of amides is 2. The van der Waals surface area contributed by atoms with E-state index in [-0.39, 0.29) is 35.7 Å². The van der Waals surface area contributed by atoms with Crippen LogP contribution in [0.2, 0.25) is 0 Å². The molecule has 2 saturated heterocycles. The van der Waals surface area contributed by atoms with Gasteiger partial charge >= 0.3 is 94.1 Å². The summed E-state index contributed by atoms with van der Waals surface area (Å²) in [5.74, 6) is -1.73. The minimum absolute atomic E-state index is 0.00579. The number of anilines is 1. The number of phenolic OH excluding ortho intramolecular Hbond substituents is 1. The summed E-state index contributed by atoms with van der Waals surface area (Å²) in [7, 11) is 0. The molecule has 2 amide bonds. The zero-order valence-corrected chi connectivity index (χ0v) is 19.5. The summed E-state index contributed by atoms with van der Waals surface area (Å²) in [6.07, 6.45) is 0.506. The average Bonchev–Trinajstić information content (AvgIpc) is 2.62. The van der Waals surface area contributed by atoms with Gasteiger partial charge in [-0.3, -0.25) is 14.4 Å². The van der Waals surface area contributed by atoms with E-state index in [1.165, 1.54) is 37.7 Å². The number of phenols is 1. The Balaban J connectivity index is 0.000000221. The fourth-order valence-electron chi connectivity index (χ4n) is 3.24. The summed E-state index contributed by atoms with van der Waals surface area (Å²) in [4.78, 5) is 46.0. The third-order valence-corrected chi connectivity index (χ3v) is 8.32. The molecule has 2 fully saturated rings. The van der Waals surface area contributed by atoms with Gasteiger partial charge in [-0.1, -0.05) is 0 Å². The molecule has 11 nitrogen and oxygen atoms in total. The van der Waals surface area contributed by atoms with Crippen LogP contribution in [0.4, 0.5) is 5.69 Å². The molecule has 0 spiro atoms. The second kappa shape index (κ2) is 9.47. The van der Waals surface area contributed by atoms with Crippen LogP contribution in [0.3, 0.4) is 0 Å². The topological polar surface area (TPSA) is 182 Å². The number of nitrogens with one attached hydrogen (secondary N) is 1. The summed E-state index contributed by atoms with van der Waals surface area (Å²) in [5.41, 5.74) is -1.09. The number of carbonyl (C=O) groups is 4. The first-order valence-corrected chi connectivity index (χ1v) is 13.5. The summed E-state index contributed by atoms with van der Waals surface area (Å²) in [6.45, 7) is 2.80. The first-order chi connectivity index (χ1) is 14.3. The summed E-state index contributed by atoms with van der Waals surface area (Å²) >= 11 is -3.68. The van der Waals surface area contributed by atoms with Gasteiger partial charge in [0.2, 0.25) is 5.91 Å². The predicted octanol–water partition coefficient (Wildman–Crippen LogP) is -0.747. The first kappa shape index (κ1) is 25.0.